The van der Waals surface area contributed by atoms with Gasteiger partial charge in [-0.15, -0.1) is 37.3 Å². The fraction of sp³-hybridized carbons (Fsp3) is 0.205. The van der Waals surface area contributed by atoms with Crippen LogP contribution in [0.2, 0.25) is 5.02 Å². The van der Waals surface area contributed by atoms with E-state index in [2.05, 4.69) is 40.7 Å². The first kappa shape index (κ1) is 58.4. The van der Waals surface area contributed by atoms with Crippen molar-refractivity contribution in [3.8, 4) is 17.7 Å². The molecule has 0 saturated heterocycles. The summed E-state index contributed by atoms with van der Waals surface area (Å²) in [5.74, 6) is -1.89. The molecule has 0 saturated carbocycles. The maximum absolute atomic E-state index is 12.5. The lowest BCUT2D eigenvalue weighted by Gasteiger charge is -2.12. The molecule has 79 heavy (non-hydrogen) atoms. The monoisotopic (exact) mass is 1240 g/mol. The molecular formula is C44H37ClN10O17S7. The number of benzene rings is 5. The number of imidazole rings is 1. The van der Waals surface area contributed by atoms with Crippen molar-refractivity contribution in [2.75, 3.05) is 23.9 Å². The zero-order valence-corrected chi connectivity index (χ0v) is 46.9. The highest BCUT2D eigenvalue weighted by Gasteiger charge is 2.27. The van der Waals surface area contributed by atoms with Crippen LogP contribution in [-0.2, 0) is 50.6 Å². The van der Waals surface area contributed by atoms with E-state index in [1.54, 1.807) is 19.9 Å². The van der Waals surface area contributed by atoms with E-state index in [-0.39, 0.29) is 118 Å². The Morgan fingerprint density at radius 2 is 1.30 bits per heavy atom. The average Bonchev–Trinajstić information content (AvgIpc) is 4.13. The van der Waals surface area contributed by atoms with Crippen LogP contribution >= 0.6 is 34.7 Å². The third-order valence-electron chi connectivity index (χ3n) is 11.4. The zero-order chi connectivity index (χ0) is 57.7. The Bertz CT molecular complexity index is 4620. The van der Waals surface area contributed by atoms with Crippen LogP contribution in [0.25, 0.3) is 37.7 Å². The minimum atomic E-state index is -4.91. The maximum Gasteiger partial charge on any atom is 0.296 e. The number of nitriles is 1. The first-order valence-corrected chi connectivity index (χ1v) is 31.8. The second kappa shape index (κ2) is 22.1. The lowest BCUT2D eigenvalue weighted by atomic mass is 10.1. The molecule has 0 fully saturated rings. The van der Waals surface area contributed by atoms with Crippen molar-refractivity contribution in [1.82, 2.24) is 14.4 Å². The number of aryl methyl sites for hydroxylation is 2. The van der Waals surface area contributed by atoms with Gasteiger partial charge >= 0.3 is 0 Å². The molecule has 0 radical (unpaired) electrons. The number of aromatic nitrogens is 3. The molecule has 8 aromatic rings. The number of azo groups is 3. The Morgan fingerprint density at radius 3 is 1.95 bits per heavy atom. The fourth-order valence-corrected chi connectivity index (χ4v) is 13.0. The molecule has 0 spiro atoms. The van der Waals surface area contributed by atoms with Crippen LogP contribution in [0.1, 0.15) is 35.1 Å². The number of ether oxygens (including phenoxy) is 1. The number of nitrogens with zero attached hydrogens (tertiary/aromatic N) is 10. The van der Waals surface area contributed by atoms with Gasteiger partial charge in [-0.25, -0.2) is 9.97 Å². The van der Waals surface area contributed by atoms with Crippen molar-refractivity contribution in [3.63, 3.8) is 0 Å². The van der Waals surface area contributed by atoms with E-state index in [1.165, 1.54) is 37.3 Å². The normalized spacial score (nSPS) is 13.1. The predicted molar refractivity (Wildman–Crippen MR) is 289 cm³/mol. The summed E-state index contributed by atoms with van der Waals surface area (Å²) in [6, 6.07) is 14.5. The summed E-state index contributed by atoms with van der Waals surface area (Å²) in [5, 5.41) is 47.8. The SMILES string of the molecule is Cc1cc(N=Nc2cc(OCCCS(=O)(=O)O)c(N=Nc3c(C)c(C#N)c4nc5c(S(=O)(=O)O)cc(Cl)cc5n4c3O)cc2C)c(SCCCS(=O)(=O)O)cc1N=Nc1nc2c(S(=O)(=O)O)cc3ccc(S(=O)(=O)O)cc3c2s1. The van der Waals surface area contributed by atoms with Gasteiger partial charge in [-0.3, -0.25) is 27.2 Å². The maximum atomic E-state index is 12.5. The molecule has 0 amide bonds. The van der Waals surface area contributed by atoms with E-state index in [0.717, 1.165) is 51.8 Å². The van der Waals surface area contributed by atoms with Crippen molar-refractivity contribution in [2.45, 2.75) is 53.2 Å². The number of fused-ring (bicyclic) bond motifs is 6. The van der Waals surface area contributed by atoms with Crippen molar-refractivity contribution < 1.29 is 74.7 Å². The van der Waals surface area contributed by atoms with Gasteiger partial charge in [-0.05, 0) is 104 Å². The summed E-state index contributed by atoms with van der Waals surface area (Å²) in [5.41, 5.74) is -0.0230. The third kappa shape index (κ3) is 13.2. The summed E-state index contributed by atoms with van der Waals surface area (Å²) in [7, 11) is -23.2. The lowest BCUT2D eigenvalue weighted by Crippen LogP contribution is -2.08. The molecule has 3 heterocycles. The highest BCUT2D eigenvalue weighted by molar-refractivity contribution is 7.99. The van der Waals surface area contributed by atoms with Crippen molar-refractivity contribution in [2.24, 2.45) is 30.7 Å². The van der Waals surface area contributed by atoms with Crippen LogP contribution < -0.4 is 4.74 Å². The highest BCUT2D eigenvalue weighted by Crippen LogP contribution is 2.45. The van der Waals surface area contributed by atoms with Crippen molar-refractivity contribution in [3.05, 3.63) is 87.9 Å². The molecule has 0 aliphatic heterocycles. The van der Waals surface area contributed by atoms with Gasteiger partial charge in [0.1, 0.15) is 43.9 Å². The van der Waals surface area contributed by atoms with E-state index in [4.69, 9.17) is 16.3 Å². The predicted octanol–water partition coefficient (Wildman–Crippen LogP) is 10.4. The Labute approximate surface area is 461 Å². The Hall–Kier alpha value is -6.72. The van der Waals surface area contributed by atoms with Crippen LogP contribution in [0, 0.1) is 32.1 Å². The van der Waals surface area contributed by atoms with Crippen LogP contribution in [0.5, 0.6) is 11.6 Å². The molecule has 0 atom stereocenters. The van der Waals surface area contributed by atoms with Gasteiger partial charge in [0.05, 0.1) is 50.3 Å². The van der Waals surface area contributed by atoms with Gasteiger partial charge in [0.25, 0.3) is 50.6 Å². The van der Waals surface area contributed by atoms with Gasteiger partial charge in [0, 0.05) is 26.9 Å². The summed E-state index contributed by atoms with van der Waals surface area (Å²) < 4.78 is 175. The second-order valence-corrected chi connectivity index (χ2v) is 26.9. The van der Waals surface area contributed by atoms with Gasteiger partial charge in [0.15, 0.2) is 11.3 Å². The van der Waals surface area contributed by atoms with Gasteiger partial charge in [-0.1, -0.05) is 29.0 Å². The largest absolute Gasteiger partial charge is 0.493 e. The van der Waals surface area contributed by atoms with E-state index in [9.17, 15) is 75.2 Å². The number of thiazole rings is 1. The topological polar surface area (TPSA) is 429 Å². The summed E-state index contributed by atoms with van der Waals surface area (Å²) in [4.78, 5) is 7.04. The minimum Gasteiger partial charge on any atom is -0.493 e. The Balaban J connectivity index is 1.19. The minimum absolute atomic E-state index is 0.0154. The van der Waals surface area contributed by atoms with E-state index >= 15 is 0 Å². The first-order valence-electron chi connectivity index (χ1n) is 22.1. The van der Waals surface area contributed by atoms with E-state index < -0.39 is 82.7 Å². The molecule has 0 aliphatic carbocycles. The number of thioether (sulfide) groups is 1. The summed E-state index contributed by atoms with van der Waals surface area (Å²) >= 11 is 8.09. The van der Waals surface area contributed by atoms with Gasteiger partial charge in [-0.2, -0.15) is 52.5 Å². The summed E-state index contributed by atoms with van der Waals surface area (Å²) in [6.45, 7) is 4.33. The second-order valence-electron chi connectivity index (χ2n) is 17.0. The van der Waals surface area contributed by atoms with Crippen molar-refractivity contribution >= 4 is 157 Å². The van der Waals surface area contributed by atoms with Gasteiger partial charge in [0.2, 0.25) is 11.0 Å². The highest BCUT2D eigenvalue weighted by atomic mass is 35.5. The molecule has 0 unspecified atom stereocenters. The fourth-order valence-electron chi connectivity index (χ4n) is 7.71. The van der Waals surface area contributed by atoms with Crippen molar-refractivity contribution in [1.29, 1.82) is 5.26 Å². The molecule has 0 bridgehead atoms. The smallest absolute Gasteiger partial charge is 0.296 e. The molecule has 8 rings (SSSR count). The molecule has 414 valence electrons. The molecule has 6 N–H and O–H groups in total. The zero-order valence-electron chi connectivity index (χ0n) is 40.4. The number of halogens is 1. The van der Waals surface area contributed by atoms with E-state index in [0.29, 0.717) is 16.0 Å². The summed E-state index contributed by atoms with van der Waals surface area (Å²) in [6.07, 6.45) is -0.219. The first-order chi connectivity index (χ1) is 36.8. The Kier molecular flexibility index (Phi) is 16.3. The molecular weight excluding hydrogens is 1200 g/mol. The van der Waals surface area contributed by atoms with E-state index in [1.807, 2.05) is 6.07 Å². The number of pyridine rings is 1. The van der Waals surface area contributed by atoms with Crippen LogP contribution in [0.4, 0.5) is 33.6 Å². The van der Waals surface area contributed by atoms with Crippen LogP contribution in [0.15, 0.2) is 111 Å². The van der Waals surface area contributed by atoms with Gasteiger partial charge < -0.3 is 9.84 Å². The molecule has 5 aromatic carbocycles. The number of rotatable bonds is 19. The third-order valence-corrected chi connectivity index (χ3v) is 17.9. The number of hydrogen-bond acceptors (Lipinski definition) is 23. The average molecular weight is 1240 g/mol. The lowest BCUT2D eigenvalue weighted by molar-refractivity contribution is 0.317. The molecule has 27 nitrogen and oxygen atoms in total. The van der Waals surface area contributed by atoms with Crippen LogP contribution in [0.3, 0.4) is 0 Å². The quantitative estimate of drug-likeness (QED) is 0.0190. The number of hydrogen-bond donors (Lipinski definition) is 6. The molecule has 3 aromatic heterocycles. The molecule has 0 aliphatic rings. The van der Waals surface area contributed by atoms with Crippen LogP contribution in [-0.4, -0.2) is 108 Å². The standard InChI is InChI=1S/C44H37ClN10O17S7/c1-21-12-31(51-53-38-23(3)28(20-46)42-47-39-33(55(42)43(38)56)15-25(45)16-37(39)79(69,70)71)34(72-8-4-10-75(57,58)59)18-29(21)49-52-32-13-22(2)30(19-35(32)73-9-5-11-76(60,61)62)50-54-44-48-40-36(78(66,67)68)14-24-6-7-26(77(63,64)65)17-27(24)41(40)74-44/h6-7,12-19,56H,4-5,8-11H2,1-3H3,(H,57,58,59)(H,60,61,62)(H,63,64,65)(H,66,67,68)(H,69,70,71). The number of aromatic hydroxyl groups is 1. The molecule has 35 heteroatoms. The Morgan fingerprint density at radius 1 is 0.696 bits per heavy atom.